The van der Waals surface area contributed by atoms with Crippen molar-refractivity contribution in [3.63, 3.8) is 0 Å². The van der Waals surface area contributed by atoms with Gasteiger partial charge in [0.05, 0.1) is 12.6 Å². The highest BCUT2D eigenvalue weighted by molar-refractivity contribution is 6.04. The van der Waals surface area contributed by atoms with Crippen LogP contribution in [0.3, 0.4) is 0 Å². The molecule has 2 aliphatic heterocycles. The molecule has 14 heteroatoms. The fourth-order valence-electron chi connectivity index (χ4n) is 5.81. The van der Waals surface area contributed by atoms with E-state index < -0.39 is 23.6 Å². The normalized spacial score (nSPS) is 19.5. The number of ketones is 2. The Balaban J connectivity index is 1.28. The molecule has 2 heterocycles. The maximum Gasteiger partial charge on any atom is 0.410 e. The number of nitrogens with zero attached hydrogens (tertiary/aromatic N) is 6. The highest BCUT2D eigenvalue weighted by Crippen LogP contribution is 2.33. The molecular formula is C31H43N7O7. The van der Waals surface area contributed by atoms with Crippen LogP contribution in [0.2, 0.25) is 0 Å². The number of benzene rings is 1. The first kappa shape index (κ1) is 33.9. The Labute approximate surface area is 263 Å². The molecule has 1 saturated carbocycles. The van der Waals surface area contributed by atoms with Gasteiger partial charge in [-0.2, -0.15) is 0 Å². The molecule has 0 aromatic heterocycles. The number of hydrogen-bond donors (Lipinski definition) is 1. The SMILES string of the molecule is CC(C)(C)OC(=O)N(CCOCC(=O)Nc1cccc2c1CN(C1CCC(=O)CCC1=O)C2=O)CCN1CCC(N=[N+]=[N-])CC1. The van der Waals surface area contributed by atoms with E-state index in [9.17, 15) is 24.0 Å². The van der Waals surface area contributed by atoms with Gasteiger partial charge in [-0.3, -0.25) is 19.2 Å². The van der Waals surface area contributed by atoms with Gasteiger partial charge in [0.1, 0.15) is 18.0 Å². The average Bonchev–Trinajstić information content (AvgIpc) is 3.22. The van der Waals surface area contributed by atoms with E-state index in [1.165, 1.54) is 4.90 Å². The number of rotatable bonds is 11. The van der Waals surface area contributed by atoms with Gasteiger partial charge in [-0.05, 0) is 70.8 Å². The van der Waals surface area contributed by atoms with E-state index >= 15 is 0 Å². The van der Waals surface area contributed by atoms with Crippen molar-refractivity contribution in [2.45, 2.75) is 83.5 Å². The summed E-state index contributed by atoms with van der Waals surface area (Å²) in [5, 5.41) is 6.62. The number of piperidine rings is 1. The molecule has 0 radical (unpaired) electrons. The standard InChI is InChI=1S/C31H43N7O7/c1-31(2,3)45-30(43)37(16-15-36-13-11-21(12-14-36)34-35-32)17-18-44-20-28(41)33-25-6-4-5-23-24(25)19-38(29(23)42)26-9-7-22(39)8-10-27(26)40/h4-6,21,26H,7-20H2,1-3H3,(H,33,41). The Hall–Kier alpha value is -4.00. The molecule has 244 valence electrons. The minimum Gasteiger partial charge on any atom is -0.444 e. The van der Waals surface area contributed by atoms with E-state index in [-0.39, 0.29) is 69.1 Å². The van der Waals surface area contributed by atoms with Crippen LogP contribution in [0, 0.1) is 0 Å². The van der Waals surface area contributed by atoms with Crippen molar-refractivity contribution in [2.75, 3.05) is 51.3 Å². The third-order valence-corrected chi connectivity index (χ3v) is 8.21. The van der Waals surface area contributed by atoms with Gasteiger partial charge >= 0.3 is 6.09 Å². The minimum absolute atomic E-state index is 0.00162. The topological polar surface area (TPSA) is 174 Å². The third-order valence-electron chi connectivity index (χ3n) is 8.21. The molecule has 14 nitrogen and oxygen atoms in total. The van der Waals surface area contributed by atoms with Crippen molar-refractivity contribution in [1.82, 2.24) is 14.7 Å². The molecular weight excluding hydrogens is 582 g/mol. The fraction of sp³-hybridized carbons (Fsp3) is 0.645. The lowest BCUT2D eigenvalue weighted by atomic mass is 10.1. The average molecular weight is 626 g/mol. The van der Waals surface area contributed by atoms with Crippen LogP contribution in [0.1, 0.15) is 75.2 Å². The number of Topliss-reactive ketones (excluding diaryl/α,β-unsaturated/α-hetero) is 2. The largest absolute Gasteiger partial charge is 0.444 e. The lowest BCUT2D eigenvalue weighted by molar-refractivity contribution is -0.124. The van der Waals surface area contributed by atoms with Gasteiger partial charge in [-0.25, -0.2) is 4.79 Å². The van der Waals surface area contributed by atoms with Gasteiger partial charge in [-0.15, -0.1) is 0 Å². The molecule has 45 heavy (non-hydrogen) atoms. The second-order valence-corrected chi connectivity index (χ2v) is 12.7. The molecule has 1 unspecified atom stereocenters. The van der Waals surface area contributed by atoms with Gasteiger partial charge in [-0.1, -0.05) is 11.2 Å². The number of likely N-dealkylation sites (tertiary alicyclic amines) is 1. The summed E-state index contributed by atoms with van der Waals surface area (Å²) < 4.78 is 11.2. The van der Waals surface area contributed by atoms with Crippen LogP contribution in [-0.2, 0) is 30.4 Å². The predicted octanol–water partition coefficient (Wildman–Crippen LogP) is 3.69. The summed E-state index contributed by atoms with van der Waals surface area (Å²) in [6.45, 7) is 8.20. The van der Waals surface area contributed by atoms with E-state index in [4.69, 9.17) is 15.0 Å². The summed E-state index contributed by atoms with van der Waals surface area (Å²) >= 11 is 0. The zero-order chi connectivity index (χ0) is 32.6. The lowest BCUT2D eigenvalue weighted by Crippen LogP contribution is -2.45. The fourth-order valence-corrected chi connectivity index (χ4v) is 5.81. The number of ether oxygens (including phenoxy) is 2. The smallest absolute Gasteiger partial charge is 0.410 e. The molecule has 1 saturated heterocycles. The summed E-state index contributed by atoms with van der Waals surface area (Å²) in [4.78, 5) is 71.6. The van der Waals surface area contributed by atoms with E-state index in [0.29, 0.717) is 36.3 Å². The Morgan fingerprint density at radius 3 is 2.56 bits per heavy atom. The summed E-state index contributed by atoms with van der Waals surface area (Å²) in [6.07, 6.45) is 1.98. The second kappa shape index (κ2) is 15.3. The van der Waals surface area contributed by atoms with Crippen LogP contribution in [0.5, 0.6) is 0 Å². The summed E-state index contributed by atoms with van der Waals surface area (Å²) in [5.41, 5.74) is 9.51. The number of hydrogen-bond acceptors (Lipinski definition) is 9. The van der Waals surface area contributed by atoms with E-state index in [0.717, 1.165) is 25.9 Å². The van der Waals surface area contributed by atoms with E-state index in [1.807, 2.05) is 0 Å². The molecule has 0 spiro atoms. The molecule has 0 bridgehead atoms. The number of azide groups is 1. The van der Waals surface area contributed by atoms with Gasteiger partial charge in [0.25, 0.3) is 5.91 Å². The van der Waals surface area contributed by atoms with Crippen molar-refractivity contribution in [1.29, 1.82) is 0 Å². The highest BCUT2D eigenvalue weighted by atomic mass is 16.6. The van der Waals surface area contributed by atoms with Crippen LogP contribution >= 0.6 is 0 Å². The molecule has 1 N–H and O–H groups in total. The first-order valence-corrected chi connectivity index (χ1v) is 15.5. The van der Waals surface area contributed by atoms with Crippen molar-refractivity contribution < 1.29 is 33.4 Å². The first-order valence-electron chi connectivity index (χ1n) is 15.5. The van der Waals surface area contributed by atoms with Gasteiger partial charge in [0.15, 0.2) is 5.78 Å². The number of fused-ring (bicyclic) bond motifs is 1. The Kier molecular flexibility index (Phi) is 11.5. The lowest BCUT2D eigenvalue weighted by Gasteiger charge is -2.33. The van der Waals surface area contributed by atoms with E-state index in [1.54, 1.807) is 43.9 Å². The van der Waals surface area contributed by atoms with Crippen molar-refractivity contribution in [3.8, 4) is 0 Å². The number of carbonyl (C=O) groups is 5. The Bertz CT molecular complexity index is 1330. The number of amides is 3. The predicted molar refractivity (Wildman–Crippen MR) is 164 cm³/mol. The van der Waals surface area contributed by atoms with Crippen LogP contribution in [0.25, 0.3) is 10.4 Å². The van der Waals surface area contributed by atoms with Gasteiger partial charge in [0.2, 0.25) is 5.91 Å². The van der Waals surface area contributed by atoms with E-state index in [2.05, 4.69) is 20.2 Å². The molecule has 2 fully saturated rings. The van der Waals surface area contributed by atoms with Crippen molar-refractivity contribution in [3.05, 3.63) is 39.8 Å². The van der Waals surface area contributed by atoms with Crippen LogP contribution in [0.4, 0.5) is 10.5 Å². The Morgan fingerprint density at radius 1 is 1.09 bits per heavy atom. The second-order valence-electron chi connectivity index (χ2n) is 12.7. The third kappa shape index (κ3) is 9.49. The molecule has 3 aliphatic rings. The maximum atomic E-state index is 13.2. The quantitative estimate of drug-likeness (QED) is 0.127. The summed E-state index contributed by atoms with van der Waals surface area (Å²) in [6, 6.07) is 4.39. The molecule has 1 aliphatic carbocycles. The van der Waals surface area contributed by atoms with Gasteiger partial charge < -0.3 is 29.5 Å². The zero-order valence-electron chi connectivity index (χ0n) is 26.3. The van der Waals surface area contributed by atoms with Gasteiger partial charge in [0, 0.05) is 73.2 Å². The molecule has 1 aromatic carbocycles. The van der Waals surface area contributed by atoms with Crippen molar-refractivity contribution >= 4 is 35.2 Å². The van der Waals surface area contributed by atoms with Crippen molar-refractivity contribution in [2.24, 2.45) is 5.11 Å². The number of nitrogens with one attached hydrogen (secondary N) is 1. The molecule has 4 rings (SSSR count). The summed E-state index contributed by atoms with van der Waals surface area (Å²) in [5.74, 6) is -0.790. The number of anilines is 1. The number of carbonyl (C=O) groups excluding carboxylic acids is 5. The first-order chi connectivity index (χ1) is 21.4. The monoisotopic (exact) mass is 625 g/mol. The zero-order valence-corrected chi connectivity index (χ0v) is 26.3. The minimum atomic E-state index is -0.669. The molecule has 3 amide bonds. The highest BCUT2D eigenvalue weighted by Gasteiger charge is 2.38. The molecule has 1 atom stereocenters. The summed E-state index contributed by atoms with van der Waals surface area (Å²) in [7, 11) is 0. The van der Waals surface area contributed by atoms with Crippen LogP contribution in [-0.4, -0.2) is 108 Å². The van der Waals surface area contributed by atoms with Crippen LogP contribution < -0.4 is 5.32 Å². The maximum absolute atomic E-state index is 13.2. The Morgan fingerprint density at radius 2 is 1.84 bits per heavy atom. The van der Waals surface area contributed by atoms with Crippen LogP contribution in [0.15, 0.2) is 23.3 Å². The molecule has 1 aromatic rings.